The predicted octanol–water partition coefficient (Wildman–Crippen LogP) is 1.50. The lowest BCUT2D eigenvalue weighted by molar-refractivity contribution is -0.127. The molecule has 1 fully saturated rings. The highest BCUT2D eigenvalue weighted by molar-refractivity contribution is 5.78. The van der Waals surface area contributed by atoms with Crippen molar-refractivity contribution in [3.05, 3.63) is 23.8 Å². The van der Waals surface area contributed by atoms with E-state index in [9.17, 15) is 9.90 Å². The number of phenols is 1. The van der Waals surface area contributed by atoms with Crippen molar-refractivity contribution in [2.75, 3.05) is 20.2 Å². The van der Waals surface area contributed by atoms with Crippen LogP contribution in [0.25, 0.3) is 0 Å². The van der Waals surface area contributed by atoms with Crippen LogP contribution in [0.2, 0.25) is 0 Å². The molecule has 1 unspecified atom stereocenters. The minimum absolute atomic E-state index is 0.193. The number of ether oxygens (including phenoxy) is 1. The third kappa shape index (κ3) is 3.63. The topological polar surface area (TPSA) is 61.8 Å². The van der Waals surface area contributed by atoms with Gasteiger partial charge in [0.1, 0.15) is 11.5 Å². The van der Waals surface area contributed by atoms with Crippen molar-refractivity contribution in [3.63, 3.8) is 0 Å². The molecule has 1 saturated heterocycles. The lowest BCUT2D eigenvalue weighted by Gasteiger charge is -2.22. The Morgan fingerprint density at radius 1 is 1.50 bits per heavy atom. The third-order valence-corrected chi connectivity index (χ3v) is 3.60. The Balaban J connectivity index is 1.83. The Bertz CT molecular complexity index is 476. The van der Waals surface area contributed by atoms with Crippen LogP contribution in [-0.4, -0.2) is 42.2 Å². The lowest BCUT2D eigenvalue weighted by atomic mass is 10.1. The number of nitrogens with zero attached hydrogens (tertiary/aromatic N) is 1. The fourth-order valence-corrected chi connectivity index (χ4v) is 2.40. The molecule has 5 heteroatoms. The van der Waals surface area contributed by atoms with Crippen LogP contribution < -0.4 is 10.1 Å². The Morgan fingerprint density at radius 2 is 2.30 bits per heavy atom. The summed E-state index contributed by atoms with van der Waals surface area (Å²) in [5.74, 6) is 1.11. The zero-order valence-electron chi connectivity index (χ0n) is 12.1. The van der Waals surface area contributed by atoms with Crippen LogP contribution in [-0.2, 0) is 11.3 Å². The average molecular weight is 278 g/mol. The van der Waals surface area contributed by atoms with Crippen molar-refractivity contribution >= 4 is 5.91 Å². The van der Waals surface area contributed by atoms with Gasteiger partial charge in [-0.05, 0) is 19.4 Å². The molecular weight excluding hydrogens is 256 g/mol. The van der Waals surface area contributed by atoms with Crippen LogP contribution in [0.3, 0.4) is 0 Å². The number of phenolic OH excluding ortho intramolecular Hbond substituents is 1. The van der Waals surface area contributed by atoms with Crippen molar-refractivity contribution in [1.82, 2.24) is 10.2 Å². The first-order valence-corrected chi connectivity index (χ1v) is 6.97. The summed E-state index contributed by atoms with van der Waals surface area (Å²) in [5.41, 5.74) is 0.824. The van der Waals surface area contributed by atoms with Crippen molar-refractivity contribution in [2.45, 2.75) is 32.4 Å². The fraction of sp³-hybridized carbons (Fsp3) is 0.533. The van der Waals surface area contributed by atoms with Crippen molar-refractivity contribution < 1.29 is 14.6 Å². The van der Waals surface area contributed by atoms with Gasteiger partial charge < -0.3 is 20.1 Å². The SMILES string of the molecule is COc1ccc(CNC(C)CN2CCCC2=O)c(O)c1. The summed E-state index contributed by atoms with van der Waals surface area (Å²) in [6.45, 7) is 4.19. The number of amides is 1. The van der Waals surface area contributed by atoms with Crippen LogP contribution in [0.4, 0.5) is 0 Å². The minimum Gasteiger partial charge on any atom is -0.507 e. The van der Waals surface area contributed by atoms with Crippen LogP contribution in [0.15, 0.2) is 18.2 Å². The van der Waals surface area contributed by atoms with Gasteiger partial charge in [0.15, 0.2) is 0 Å². The molecule has 0 aliphatic carbocycles. The molecule has 1 amide bonds. The molecule has 0 saturated carbocycles. The first kappa shape index (κ1) is 14.7. The summed E-state index contributed by atoms with van der Waals surface area (Å²) in [5, 5.41) is 13.2. The second kappa shape index (κ2) is 6.61. The Kier molecular flexibility index (Phi) is 4.84. The number of carbonyl (C=O) groups excluding carboxylic acids is 1. The molecule has 0 aromatic heterocycles. The molecule has 1 aromatic rings. The van der Waals surface area contributed by atoms with Gasteiger partial charge in [0, 0.05) is 43.7 Å². The summed E-state index contributed by atoms with van der Waals surface area (Å²) >= 11 is 0. The van der Waals surface area contributed by atoms with E-state index in [1.165, 1.54) is 0 Å². The summed E-state index contributed by atoms with van der Waals surface area (Å²) in [7, 11) is 1.57. The Labute approximate surface area is 119 Å². The van der Waals surface area contributed by atoms with Crippen LogP contribution >= 0.6 is 0 Å². The van der Waals surface area contributed by atoms with Gasteiger partial charge in [0.2, 0.25) is 5.91 Å². The number of carbonyl (C=O) groups is 1. The first-order chi connectivity index (χ1) is 9.60. The van der Waals surface area contributed by atoms with Crippen molar-refractivity contribution in [3.8, 4) is 11.5 Å². The van der Waals surface area contributed by atoms with E-state index in [4.69, 9.17) is 4.74 Å². The van der Waals surface area contributed by atoms with Gasteiger partial charge in [-0.25, -0.2) is 0 Å². The molecule has 20 heavy (non-hydrogen) atoms. The largest absolute Gasteiger partial charge is 0.507 e. The number of methoxy groups -OCH3 is 1. The zero-order valence-corrected chi connectivity index (χ0v) is 12.1. The molecular formula is C15H22N2O3. The maximum Gasteiger partial charge on any atom is 0.222 e. The van der Waals surface area contributed by atoms with E-state index in [0.717, 1.165) is 25.1 Å². The molecule has 1 aromatic carbocycles. The highest BCUT2D eigenvalue weighted by atomic mass is 16.5. The van der Waals surface area contributed by atoms with E-state index in [1.54, 1.807) is 13.2 Å². The molecule has 0 spiro atoms. The van der Waals surface area contributed by atoms with E-state index in [-0.39, 0.29) is 17.7 Å². The van der Waals surface area contributed by atoms with E-state index < -0.39 is 0 Å². The molecule has 5 nitrogen and oxygen atoms in total. The molecule has 2 rings (SSSR count). The maximum atomic E-state index is 11.6. The van der Waals surface area contributed by atoms with Gasteiger partial charge in [-0.2, -0.15) is 0 Å². The van der Waals surface area contributed by atoms with Gasteiger partial charge in [0.05, 0.1) is 7.11 Å². The van der Waals surface area contributed by atoms with Gasteiger partial charge in [-0.1, -0.05) is 6.07 Å². The smallest absolute Gasteiger partial charge is 0.222 e. The summed E-state index contributed by atoms with van der Waals surface area (Å²) < 4.78 is 5.05. The van der Waals surface area contributed by atoms with Crippen molar-refractivity contribution in [2.24, 2.45) is 0 Å². The summed E-state index contributed by atoms with van der Waals surface area (Å²) in [6.07, 6.45) is 1.64. The molecule has 0 radical (unpaired) electrons. The van der Waals surface area contributed by atoms with E-state index in [1.807, 2.05) is 24.0 Å². The second-order valence-electron chi connectivity index (χ2n) is 5.22. The fourth-order valence-electron chi connectivity index (χ4n) is 2.40. The molecule has 2 N–H and O–H groups in total. The highest BCUT2D eigenvalue weighted by Crippen LogP contribution is 2.23. The normalized spacial score (nSPS) is 16.5. The summed E-state index contributed by atoms with van der Waals surface area (Å²) in [6, 6.07) is 5.46. The molecule has 1 heterocycles. The number of hydrogen-bond donors (Lipinski definition) is 2. The highest BCUT2D eigenvalue weighted by Gasteiger charge is 2.21. The van der Waals surface area contributed by atoms with Gasteiger partial charge in [0.25, 0.3) is 0 Å². The van der Waals surface area contributed by atoms with Gasteiger partial charge >= 0.3 is 0 Å². The van der Waals surface area contributed by atoms with E-state index in [0.29, 0.717) is 18.7 Å². The average Bonchev–Trinajstić information content (AvgIpc) is 2.82. The van der Waals surface area contributed by atoms with E-state index >= 15 is 0 Å². The van der Waals surface area contributed by atoms with Crippen LogP contribution in [0, 0.1) is 0 Å². The molecule has 110 valence electrons. The lowest BCUT2D eigenvalue weighted by Crippen LogP contribution is -2.39. The summed E-state index contributed by atoms with van der Waals surface area (Å²) in [4.78, 5) is 13.4. The van der Waals surface area contributed by atoms with Crippen LogP contribution in [0.5, 0.6) is 11.5 Å². The van der Waals surface area contributed by atoms with Crippen molar-refractivity contribution in [1.29, 1.82) is 0 Å². The molecule has 1 atom stereocenters. The number of likely N-dealkylation sites (tertiary alicyclic amines) is 1. The minimum atomic E-state index is 0.193. The second-order valence-corrected chi connectivity index (χ2v) is 5.22. The maximum absolute atomic E-state index is 11.6. The quantitative estimate of drug-likeness (QED) is 0.828. The predicted molar refractivity (Wildman–Crippen MR) is 76.8 cm³/mol. The molecule has 1 aliphatic heterocycles. The number of nitrogens with one attached hydrogen (secondary N) is 1. The number of aromatic hydroxyl groups is 1. The third-order valence-electron chi connectivity index (χ3n) is 3.60. The number of hydrogen-bond acceptors (Lipinski definition) is 4. The first-order valence-electron chi connectivity index (χ1n) is 6.97. The van der Waals surface area contributed by atoms with E-state index in [2.05, 4.69) is 5.32 Å². The molecule has 0 bridgehead atoms. The Hall–Kier alpha value is -1.75. The Morgan fingerprint density at radius 3 is 2.90 bits per heavy atom. The number of rotatable bonds is 6. The number of benzene rings is 1. The standard InChI is InChI=1S/C15H22N2O3/c1-11(10-17-7-3-4-15(17)19)16-9-12-5-6-13(20-2)8-14(12)18/h5-6,8,11,16,18H,3-4,7,9-10H2,1-2H3. The van der Waals surface area contributed by atoms with Gasteiger partial charge in [-0.3, -0.25) is 4.79 Å². The van der Waals surface area contributed by atoms with Crippen LogP contribution in [0.1, 0.15) is 25.3 Å². The molecule has 1 aliphatic rings. The van der Waals surface area contributed by atoms with Gasteiger partial charge in [-0.15, -0.1) is 0 Å². The zero-order chi connectivity index (χ0) is 14.5. The monoisotopic (exact) mass is 278 g/mol.